The van der Waals surface area contributed by atoms with E-state index >= 15 is 0 Å². The Morgan fingerprint density at radius 1 is 1.06 bits per heavy atom. The Balaban J connectivity index is 1.20. The number of carbonyl (C=O) groups excluding carboxylic acids is 1. The van der Waals surface area contributed by atoms with Crippen LogP contribution in [0.4, 0.5) is 19.2 Å². The number of oxazole rings is 1. The summed E-state index contributed by atoms with van der Waals surface area (Å²) < 4.78 is 50.1. The molecule has 1 aliphatic carbocycles. The molecule has 0 spiro atoms. The van der Waals surface area contributed by atoms with Gasteiger partial charge in [-0.3, -0.25) is 4.79 Å². The summed E-state index contributed by atoms with van der Waals surface area (Å²) in [6, 6.07) is 6.48. The van der Waals surface area contributed by atoms with Gasteiger partial charge in [0, 0.05) is 32.2 Å². The summed E-state index contributed by atoms with van der Waals surface area (Å²) in [5, 5.41) is 0.195. The van der Waals surface area contributed by atoms with E-state index in [1.54, 1.807) is 17.0 Å². The number of aromatic nitrogens is 3. The summed E-state index contributed by atoms with van der Waals surface area (Å²) >= 11 is 12.1. The largest absolute Gasteiger partial charge is 0.477 e. The van der Waals surface area contributed by atoms with E-state index in [0.29, 0.717) is 48.6 Å². The normalized spacial score (nSPS) is 17.8. The minimum Gasteiger partial charge on any atom is -0.477 e. The number of amides is 1. The van der Waals surface area contributed by atoms with Crippen LogP contribution in [-0.4, -0.2) is 64.7 Å². The van der Waals surface area contributed by atoms with Crippen molar-refractivity contribution in [1.29, 1.82) is 0 Å². The Morgan fingerprint density at radius 2 is 1.79 bits per heavy atom. The molecule has 0 unspecified atom stereocenters. The third kappa shape index (κ3) is 4.34. The fourth-order valence-corrected chi connectivity index (χ4v) is 4.09. The second kappa shape index (κ2) is 8.46. The fourth-order valence-electron chi connectivity index (χ4n) is 3.72. The molecule has 0 atom stereocenters. The predicted molar refractivity (Wildman–Crippen MR) is 117 cm³/mol. The number of hydrogen-bond donors (Lipinski definition) is 0. The van der Waals surface area contributed by atoms with Crippen LogP contribution in [0.5, 0.6) is 5.88 Å². The average molecular weight is 516 g/mol. The van der Waals surface area contributed by atoms with E-state index in [0.717, 1.165) is 0 Å². The van der Waals surface area contributed by atoms with Crippen LogP contribution < -0.4 is 9.64 Å². The smallest absolute Gasteiger partial charge is 0.397 e. The van der Waals surface area contributed by atoms with E-state index in [-0.39, 0.29) is 35.3 Å². The fraction of sp³-hybridized carbons (Fsp3) is 0.429. The molecule has 2 fully saturated rings. The Labute approximate surface area is 201 Å². The molecule has 1 saturated heterocycles. The maximum absolute atomic E-state index is 13.1. The molecular weight excluding hydrogens is 498 g/mol. The number of halogens is 5. The van der Waals surface area contributed by atoms with Crippen LogP contribution in [0.2, 0.25) is 10.3 Å². The number of ether oxygens (including phenoxy) is 1. The molecule has 0 aromatic carbocycles. The average Bonchev–Trinajstić information content (AvgIpc) is 3.50. The summed E-state index contributed by atoms with van der Waals surface area (Å²) in [4.78, 5) is 28.9. The van der Waals surface area contributed by atoms with Crippen molar-refractivity contribution >= 4 is 46.4 Å². The lowest BCUT2D eigenvalue weighted by Gasteiger charge is -2.33. The first kappa shape index (κ1) is 23.0. The van der Waals surface area contributed by atoms with Crippen LogP contribution in [0.1, 0.15) is 23.2 Å². The molecule has 13 heteroatoms. The van der Waals surface area contributed by atoms with Gasteiger partial charge in [0.2, 0.25) is 11.5 Å². The van der Waals surface area contributed by atoms with Gasteiger partial charge in [0.15, 0.2) is 5.58 Å². The van der Waals surface area contributed by atoms with Crippen molar-refractivity contribution in [2.45, 2.75) is 19.0 Å². The molecule has 0 radical (unpaired) electrons. The highest BCUT2D eigenvalue weighted by Crippen LogP contribution is 2.57. The van der Waals surface area contributed by atoms with Crippen molar-refractivity contribution in [3.05, 3.63) is 40.1 Å². The van der Waals surface area contributed by atoms with E-state index in [9.17, 15) is 18.0 Å². The minimum atomic E-state index is -4.32. The van der Waals surface area contributed by atoms with Crippen LogP contribution in [0.3, 0.4) is 0 Å². The molecule has 3 aromatic heterocycles. The Kier molecular flexibility index (Phi) is 5.71. The van der Waals surface area contributed by atoms with Gasteiger partial charge >= 0.3 is 6.18 Å². The molecular formula is C21H18Cl2F3N5O3. The minimum absolute atomic E-state index is 0.0284. The first-order chi connectivity index (χ1) is 16.1. The molecule has 0 N–H and O–H groups in total. The number of alkyl halides is 3. The molecule has 1 aliphatic heterocycles. The molecule has 4 heterocycles. The lowest BCUT2D eigenvalue weighted by atomic mass is 10.1. The summed E-state index contributed by atoms with van der Waals surface area (Å²) in [5.41, 5.74) is -0.739. The monoisotopic (exact) mass is 515 g/mol. The summed E-state index contributed by atoms with van der Waals surface area (Å²) in [5.74, 6) is -0.379. The zero-order valence-corrected chi connectivity index (χ0v) is 19.1. The van der Waals surface area contributed by atoms with Crippen molar-refractivity contribution in [3.8, 4) is 5.88 Å². The van der Waals surface area contributed by atoms with Crippen LogP contribution in [0, 0.1) is 5.41 Å². The Hall–Kier alpha value is -2.79. The third-order valence-corrected chi connectivity index (χ3v) is 6.55. The van der Waals surface area contributed by atoms with E-state index in [4.69, 9.17) is 32.4 Å². The zero-order chi connectivity index (χ0) is 24.1. The number of pyridine rings is 2. The van der Waals surface area contributed by atoms with Gasteiger partial charge in [0.1, 0.15) is 22.3 Å². The Bertz CT molecular complexity index is 1240. The second-order valence-corrected chi connectivity index (χ2v) is 9.03. The quantitative estimate of drug-likeness (QED) is 0.458. The number of fused-ring (bicyclic) bond motifs is 1. The van der Waals surface area contributed by atoms with Gasteiger partial charge in [0.25, 0.3) is 11.9 Å². The lowest BCUT2D eigenvalue weighted by Crippen LogP contribution is -2.49. The number of hydrogen-bond acceptors (Lipinski definition) is 7. The maximum atomic E-state index is 13.1. The number of piperazine rings is 1. The van der Waals surface area contributed by atoms with Gasteiger partial charge < -0.3 is 19.0 Å². The van der Waals surface area contributed by atoms with Gasteiger partial charge in [0.05, 0.1) is 5.56 Å². The molecule has 5 rings (SSSR count). The van der Waals surface area contributed by atoms with Gasteiger partial charge in [-0.2, -0.15) is 18.2 Å². The summed E-state index contributed by atoms with van der Waals surface area (Å²) in [6.07, 6.45) is -4.27. The highest BCUT2D eigenvalue weighted by Gasteiger charge is 2.64. The van der Waals surface area contributed by atoms with Crippen LogP contribution >= 0.6 is 23.2 Å². The third-order valence-electron chi connectivity index (χ3n) is 6.05. The molecule has 8 nitrogen and oxygen atoms in total. The molecule has 1 saturated carbocycles. The highest BCUT2D eigenvalue weighted by molar-refractivity contribution is 6.32. The first-order valence-corrected chi connectivity index (χ1v) is 11.2. The molecule has 180 valence electrons. The van der Waals surface area contributed by atoms with Crippen LogP contribution in [-0.2, 0) is 0 Å². The lowest BCUT2D eigenvalue weighted by molar-refractivity contribution is -0.194. The number of anilines is 1. The highest BCUT2D eigenvalue weighted by atomic mass is 35.5. The van der Waals surface area contributed by atoms with E-state index in [1.165, 1.54) is 12.1 Å². The number of nitrogens with zero attached hydrogens (tertiary/aromatic N) is 5. The standard InChI is InChI=1S/C21H18Cl2F3N5O3/c22-14-3-2-13-17(27-14)29-19(34-13)31-9-7-30(8-10-31)18(32)12-1-4-15(28-16(12)23)33-11-20(5-6-20)21(24,25)26/h1-4H,5-11H2. The van der Waals surface area contributed by atoms with Crippen molar-refractivity contribution in [2.75, 3.05) is 37.7 Å². The topological polar surface area (TPSA) is 84.6 Å². The van der Waals surface area contributed by atoms with Gasteiger partial charge in [-0.1, -0.05) is 23.2 Å². The SMILES string of the molecule is O=C(c1ccc(OCC2(C(F)(F)F)CC2)nc1Cl)N1CCN(c2nc3nc(Cl)ccc3o2)CC1. The summed E-state index contributed by atoms with van der Waals surface area (Å²) in [7, 11) is 0. The predicted octanol–water partition coefficient (Wildman–Crippen LogP) is 4.61. The van der Waals surface area contributed by atoms with Crippen molar-refractivity contribution < 1.29 is 27.1 Å². The molecule has 2 aliphatic rings. The van der Waals surface area contributed by atoms with Gasteiger partial charge in [-0.25, -0.2) is 9.97 Å². The second-order valence-electron chi connectivity index (χ2n) is 8.29. The van der Waals surface area contributed by atoms with E-state index in [2.05, 4.69) is 15.0 Å². The van der Waals surface area contributed by atoms with Crippen LogP contribution in [0.15, 0.2) is 28.7 Å². The van der Waals surface area contributed by atoms with Gasteiger partial charge in [-0.15, -0.1) is 0 Å². The van der Waals surface area contributed by atoms with E-state index < -0.39 is 18.2 Å². The van der Waals surface area contributed by atoms with Crippen molar-refractivity contribution in [3.63, 3.8) is 0 Å². The Morgan fingerprint density at radius 3 is 2.44 bits per heavy atom. The first-order valence-electron chi connectivity index (χ1n) is 10.5. The number of rotatable bonds is 5. The number of carbonyl (C=O) groups is 1. The molecule has 1 amide bonds. The van der Waals surface area contributed by atoms with Crippen LogP contribution in [0.25, 0.3) is 11.2 Å². The molecule has 3 aromatic rings. The van der Waals surface area contributed by atoms with E-state index in [1.807, 2.05) is 4.90 Å². The molecule has 34 heavy (non-hydrogen) atoms. The maximum Gasteiger partial charge on any atom is 0.397 e. The van der Waals surface area contributed by atoms with Crippen molar-refractivity contribution in [1.82, 2.24) is 19.9 Å². The summed E-state index contributed by atoms with van der Waals surface area (Å²) in [6.45, 7) is 1.19. The van der Waals surface area contributed by atoms with Crippen molar-refractivity contribution in [2.24, 2.45) is 5.41 Å². The zero-order valence-electron chi connectivity index (χ0n) is 17.6. The molecule has 0 bridgehead atoms. The van der Waals surface area contributed by atoms with Gasteiger partial charge in [-0.05, 0) is 31.0 Å².